The van der Waals surface area contributed by atoms with Gasteiger partial charge in [0, 0.05) is 32.7 Å². The van der Waals surface area contributed by atoms with Gasteiger partial charge < -0.3 is 9.80 Å². The number of aromatic nitrogens is 4. The van der Waals surface area contributed by atoms with Crippen molar-refractivity contribution in [1.82, 2.24) is 19.6 Å². The molecule has 0 amide bonds. The molecule has 2 aromatic heterocycles. The van der Waals surface area contributed by atoms with Crippen molar-refractivity contribution in [2.45, 2.75) is 53.4 Å². The van der Waals surface area contributed by atoms with Crippen molar-refractivity contribution >= 4 is 62.1 Å². The largest absolute Gasteiger partial charge is 0.325 e. The van der Waals surface area contributed by atoms with Crippen LogP contribution in [0.1, 0.15) is 46.2 Å². The standard InChI is InChI=1S/C15H17BrClN3.C15H18ClN3O/c1-9-7-10(2)13(12(17)8-9)20-6-4-5-11-14(16)19(3)18-15(11)20;1-9-7-10(2)13(12(16)8-9)19-6-4-5-11-14(19)17-18(3)15(11)20/h7-8H,4-6H2,1-3H3;7-8,17H,4-6H2,1-3H3. The molecule has 2 aliphatic rings. The lowest BCUT2D eigenvalue weighted by atomic mass is 10.0. The van der Waals surface area contributed by atoms with E-state index in [2.05, 4.69) is 68.8 Å². The molecule has 4 heterocycles. The third kappa shape index (κ3) is 5.21. The average Bonchev–Trinajstić information content (AvgIpc) is 3.34. The Bertz CT molecular complexity index is 1610. The van der Waals surface area contributed by atoms with E-state index in [1.807, 2.05) is 30.8 Å². The number of nitrogens with one attached hydrogen (secondary N) is 1. The molecule has 0 aliphatic carbocycles. The van der Waals surface area contributed by atoms with Crippen LogP contribution in [-0.2, 0) is 26.9 Å². The number of rotatable bonds is 2. The van der Waals surface area contributed by atoms with Gasteiger partial charge in [-0.15, -0.1) is 0 Å². The smallest absolute Gasteiger partial charge is 0.271 e. The van der Waals surface area contributed by atoms with Gasteiger partial charge in [-0.2, -0.15) is 5.10 Å². The van der Waals surface area contributed by atoms with Gasteiger partial charge in [-0.1, -0.05) is 35.3 Å². The number of fused-ring (bicyclic) bond motifs is 2. The van der Waals surface area contributed by atoms with Crippen LogP contribution in [0, 0.1) is 27.7 Å². The third-order valence-corrected chi connectivity index (χ3v) is 9.22. The van der Waals surface area contributed by atoms with Gasteiger partial charge in [0.2, 0.25) is 0 Å². The highest BCUT2D eigenvalue weighted by Gasteiger charge is 2.28. The summed E-state index contributed by atoms with van der Waals surface area (Å²) in [6.07, 6.45) is 3.96. The Morgan fingerprint density at radius 1 is 0.825 bits per heavy atom. The Morgan fingerprint density at radius 2 is 1.35 bits per heavy atom. The summed E-state index contributed by atoms with van der Waals surface area (Å²) in [7, 11) is 3.71. The Morgan fingerprint density at radius 3 is 1.93 bits per heavy atom. The van der Waals surface area contributed by atoms with Crippen LogP contribution in [0.15, 0.2) is 33.7 Å². The second-order valence-corrected chi connectivity index (χ2v) is 12.4. The Balaban J connectivity index is 0.000000161. The molecule has 0 spiro atoms. The lowest BCUT2D eigenvalue weighted by Gasteiger charge is -2.30. The van der Waals surface area contributed by atoms with E-state index in [0.29, 0.717) is 0 Å². The molecule has 6 rings (SSSR count). The molecular weight excluding hydrogens is 611 g/mol. The van der Waals surface area contributed by atoms with Crippen molar-refractivity contribution in [1.29, 1.82) is 0 Å². The number of hydrogen-bond donors (Lipinski definition) is 1. The van der Waals surface area contributed by atoms with E-state index in [1.54, 1.807) is 11.7 Å². The predicted octanol–water partition coefficient (Wildman–Crippen LogP) is 7.61. The number of hydrogen-bond acceptors (Lipinski definition) is 4. The normalized spacial score (nSPS) is 14.5. The molecule has 0 fully saturated rings. The number of benzene rings is 2. The monoisotopic (exact) mass is 644 g/mol. The minimum absolute atomic E-state index is 0.0607. The molecule has 2 aromatic carbocycles. The van der Waals surface area contributed by atoms with Crippen LogP contribution < -0.4 is 15.4 Å². The second kappa shape index (κ2) is 11.3. The summed E-state index contributed by atoms with van der Waals surface area (Å²) < 4.78 is 4.50. The first-order chi connectivity index (χ1) is 19.0. The maximum Gasteiger partial charge on any atom is 0.271 e. The molecule has 0 saturated carbocycles. The van der Waals surface area contributed by atoms with Gasteiger partial charge in [0.05, 0.1) is 27.0 Å². The third-order valence-electron chi connectivity index (χ3n) is 7.65. The van der Waals surface area contributed by atoms with Gasteiger partial charge in [0.25, 0.3) is 5.56 Å². The molecule has 0 unspecified atom stereocenters. The molecule has 0 bridgehead atoms. The maximum atomic E-state index is 12.1. The number of nitrogens with zero attached hydrogens (tertiary/aromatic N) is 5. The molecule has 0 atom stereocenters. The lowest BCUT2D eigenvalue weighted by Crippen LogP contribution is -2.27. The first kappa shape index (κ1) is 28.8. The molecular formula is C30H35BrCl2N6O. The highest BCUT2D eigenvalue weighted by atomic mass is 79.9. The Hall–Kier alpha value is -2.68. The van der Waals surface area contributed by atoms with Gasteiger partial charge >= 0.3 is 0 Å². The van der Waals surface area contributed by atoms with Crippen LogP contribution in [0.3, 0.4) is 0 Å². The van der Waals surface area contributed by atoms with Crippen molar-refractivity contribution in [2.75, 3.05) is 22.9 Å². The van der Waals surface area contributed by atoms with Crippen molar-refractivity contribution in [3.05, 3.63) is 82.6 Å². The Kier molecular flexibility index (Phi) is 8.15. The molecule has 10 heteroatoms. The maximum absolute atomic E-state index is 12.1. The van der Waals surface area contributed by atoms with E-state index < -0.39 is 0 Å². The van der Waals surface area contributed by atoms with E-state index in [4.69, 9.17) is 23.2 Å². The molecule has 40 heavy (non-hydrogen) atoms. The summed E-state index contributed by atoms with van der Waals surface area (Å²) in [5.41, 5.74) is 8.95. The van der Waals surface area contributed by atoms with Crippen molar-refractivity contribution in [3.63, 3.8) is 0 Å². The number of halogens is 3. The minimum Gasteiger partial charge on any atom is -0.325 e. The number of anilines is 4. The van der Waals surface area contributed by atoms with Crippen LogP contribution in [0.2, 0.25) is 10.0 Å². The van der Waals surface area contributed by atoms with Gasteiger partial charge in [0.15, 0.2) is 5.82 Å². The van der Waals surface area contributed by atoms with Gasteiger partial charge in [0.1, 0.15) is 10.4 Å². The summed E-state index contributed by atoms with van der Waals surface area (Å²) in [5, 5.41) is 9.34. The average molecular weight is 646 g/mol. The van der Waals surface area contributed by atoms with Crippen LogP contribution in [0.5, 0.6) is 0 Å². The van der Waals surface area contributed by atoms with E-state index >= 15 is 0 Å². The summed E-state index contributed by atoms with van der Waals surface area (Å²) in [6.45, 7) is 10.1. The molecule has 212 valence electrons. The molecule has 2 aliphatic heterocycles. The van der Waals surface area contributed by atoms with E-state index in [0.717, 1.165) is 93.1 Å². The van der Waals surface area contributed by atoms with E-state index in [1.165, 1.54) is 16.7 Å². The van der Waals surface area contributed by atoms with Gasteiger partial charge in [-0.25, -0.2) is 0 Å². The van der Waals surface area contributed by atoms with E-state index in [9.17, 15) is 4.79 Å². The van der Waals surface area contributed by atoms with Crippen molar-refractivity contribution < 1.29 is 0 Å². The highest BCUT2D eigenvalue weighted by Crippen LogP contribution is 2.41. The summed E-state index contributed by atoms with van der Waals surface area (Å²) in [5.74, 6) is 1.91. The number of aryl methyl sites for hydroxylation is 6. The topological polar surface area (TPSA) is 62.1 Å². The fourth-order valence-electron chi connectivity index (χ4n) is 5.98. The minimum atomic E-state index is 0.0607. The SMILES string of the molecule is Cc1cc(C)c(N2CCCc3c2[nH]n(C)c3=O)c(Cl)c1.Cc1cc(C)c(N2CCCc3c2nn(C)c3Br)c(Cl)c1. The second-order valence-electron chi connectivity index (χ2n) is 10.9. The molecule has 0 saturated heterocycles. The van der Waals surface area contributed by atoms with Crippen LogP contribution in [-0.4, -0.2) is 32.7 Å². The first-order valence-electron chi connectivity index (χ1n) is 13.6. The summed E-state index contributed by atoms with van der Waals surface area (Å²) in [4.78, 5) is 16.5. The van der Waals surface area contributed by atoms with Crippen LogP contribution >= 0.6 is 39.1 Å². The Labute approximate surface area is 253 Å². The molecule has 0 radical (unpaired) electrons. The lowest BCUT2D eigenvalue weighted by molar-refractivity contribution is 0.732. The van der Waals surface area contributed by atoms with Gasteiger partial charge in [-0.05, 0) is 104 Å². The molecule has 1 N–H and O–H groups in total. The van der Waals surface area contributed by atoms with Crippen molar-refractivity contribution in [2.24, 2.45) is 14.1 Å². The van der Waals surface area contributed by atoms with Crippen molar-refractivity contribution in [3.8, 4) is 0 Å². The quantitative estimate of drug-likeness (QED) is 0.244. The molecule has 4 aromatic rings. The van der Waals surface area contributed by atoms with Crippen LogP contribution in [0.25, 0.3) is 0 Å². The highest BCUT2D eigenvalue weighted by molar-refractivity contribution is 9.10. The fraction of sp³-hybridized carbons (Fsp3) is 0.400. The van der Waals surface area contributed by atoms with Crippen LogP contribution in [0.4, 0.5) is 23.0 Å². The number of H-pyrrole nitrogens is 1. The zero-order valence-corrected chi connectivity index (χ0v) is 26.9. The summed E-state index contributed by atoms with van der Waals surface area (Å²) in [6, 6.07) is 8.29. The zero-order chi connectivity index (χ0) is 28.9. The zero-order valence-electron chi connectivity index (χ0n) is 23.8. The fourth-order valence-corrected chi connectivity index (χ4v) is 7.28. The summed E-state index contributed by atoms with van der Waals surface area (Å²) >= 11 is 16.6. The molecule has 7 nitrogen and oxygen atoms in total. The first-order valence-corrected chi connectivity index (χ1v) is 15.1. The predicted molar refractivity (Wildman–Crippen MR) is 169 cm³/mol. The van der Waals surface area contributed by atoms with Gasteiger partial charge in [-0.3, -0.25) is 19.3 Å². The number of aromatic amines is 1. The van der Waals surface area contributed by atoms with E-state index in [-0.39, 0.29) is 5.56 Å².